The van der Waals surface area contributed by atoms with Crippen LogP contribution in [-0.4, -0.2) is 53.2 Å². The fourth-order valence-electron chi connectivity index (χ4n) is 2.08. The van der Waals surface area contributed by atoms with Crippen molar-refractivity contribution < 1.29 is 24.2 Å². The van der Waals surface area contributed by atoms with E-state index in [1.165, 1.54) is 0 Å². The van der Waals surface area contributed by atoms with Gasteiger partial charge in [-0.3, -0.25) is 14.9 Å². The highest BCUT2D eigenvalue weighted by Crippen LogP contribution is 2.14. The molecule has 1 aliphatic rings. The minimum atomic E-state index is -0.947. The van der Waals surface area contributed by atoms with Crippen LogP contribution in [0.25, 0.3) is 0 Å². The Balaban J connectivity index is 2.43. The number of hydrogen-bond acceptors (Lipinski definition) is 4. The third-order valence-electron chi connectivity index (χ3n) is 3.24. The highest BCUT2D eigenvalue weighted by atomic mass is 16.5. The number of aliphatic carboxylic acids is 1. The Labute approximate surface area is 118 Å². The number of hydrogen-bond donors (Lipinski definition) is 2. The van der Waals surface area contributed by atoms with E-state index in [0.717, 1.165) is 6.42 Å². The van der Waals surface area contributed by atoms with Crippen molar-refractivity contribution in [2.75, 3.05) is 13.2 Å². The number of carbonyl (C=O) groups is 3. The largest absolute Gasteiger partial charge is 0.481 e. The Hall–Kier alpha value is -1.63. The fraction of sp³-hybridized carbons (Fsp3) is 0.769. The zero-order valence-corrected chi connectivity index (χ0v) is 11.9. The molecule has 0 bridgehead atoms. The van der Waals surface area contributed by atoms with E-state index in [1.807, 2.05) is 13.8 Å². The van der Waals surface area contributed by atoms with Gasteiger partial charge >= 0.3 is 12.0 Å². The monoisotopic (exact) mass is 286 g/mol. The van der Waals surface area contributed by atoms with Gasteiger partial charge in [-0.2, -0.15) is 0 Å². The molecule has 7 heteroatoms. The molecular formula is C13H22N2O5. The van der Waals surface area contributed by atoms with Crippen LogP contribution < -0.4 is 5.32 Å². The van der Waals surface area contributed by atoms with Crippen LogP contribution in [0.3, 0.4) is 0 Å². The van der Waals surface area contributed by atoms with Gasteiger partial charge < -0.3 is 14.7 Å². The number of urea groups is 1. The molecule has 0 radical (unpaired) electrons. The molecule has 2 atom stereocenters. The molecule has 1 aliphatic heterocycles. The van der Waals surface area contributed by atoms with E-state index in [9.17, 15) is 14.4 Å². The Morgan fingerprint density at radius 3 is 2.65 bits per heavy atom. The molecule has 0 aromatic heterocycles. The second kappa shape index (κ2) is 7.84. The minimum absolute atomic E-state index is 0.0296. The lowest BCUT2D eigenvalue weighted by molar-refractivity contribution is -0.137. The van der Waals surface area contributed by atoms with Gasteiger partial charge in [0.1, 0.15) is 0 Å². The third-order valence-corrected chi connectivity index (χ3v) is 3.24. The maximum atomic E-state index is 12.0. The number of rotatable bonds is 5. The molecule has 1 fully saturated rings. The number of imide groups is 1. The van der Waals surface area contributed by atoms with Crippen molar-refractivity contribution >= 4 is 17.9 Å². The summed E-state index contributed by atoms with van der Waals surface area (Å²) in [4.78, 5) is 35.6. The van der Waals surface area contributed by atoms with E-state index >= 15 is 0 Å². The van der Waals surface area contributed by atoms with Crippen LogP contribution in [0.1, 0.15) is 39.5 Å². The molecule has 114 valence electrons. The van der Waals surface area contributed by atoms with Crippen LogP contribution >= 0.6 is 0 Å². The van der Waals surface area contributed by atoms with Gasteiger partial charge in [0.2, 0.25) is 5.91 Å². The van der Waals surface area contributed by atoms with Crippen molar-refractivity contribution in [1.29, 1.82) is 0 Å². The molecule has 3 amide bonds. The van der Waals surface area contributed by atoms with Gasteiger partial charge in [0, 0.05) is 19.4 Å². The molecule has 7 nitrogen and oxygen atoms in total. The number of nitrogens with zero attached hydrogens (tertiary/aromatic N) is 1. The van der Waals surface area contributed by atoms with E-state index in [0.29, 0.717) is 13.2 Å². The summed E-state index contributed by atoms with van der Waals surface area (Å²) in [5, 5.41) is 10.8. The molecule has 1 saturated heterocycles. The second-order valence-electron chi connectivity index (χ2n) is 4.96. The summed E-state index contributed by atoms with van der Waals surface area (Å²) in [5.74, 6) is -1.39. The van der Waals surface area contributed by atoms with Crippen molar-refractivity contribution in [3.05, 3.63) is 0 Å². The summed E-state index contributed by atoms with van der Waals surface area (Å²) in [6, 6.07) is -0.453. The number of ether oxygens (including phenoxy) is 1. The molecule has 0 saturated carbocycles. The molecule has 0 aromatic carbocycles. The van der Waals surface area contributed by atoms with Gasteiger partial charge in [-0.1, -0.05) is 6.92 Å². The maximum Gasteiger partial charge on any atom is 0.324 e. The topological polar surface area (TPSA) is 95.9 Å². The first kappa shape index (κ1) is 16.4. The maximum absolute atomic E-state index is 12.0. The molecule has 20 heavy (non-hydrogen) atoms. The van der Waals surface area contributed by atoms with Gasteiger partial charge in [0.15, 0.2) is 0 Å². The van der Waals surface area contributed by atoms with E-state index in [1.54, 1.807) is 4.90 Å². The lowest BCUT2D eigenvalue weighted by atomic mass is 10.1. The SMILES string of the molecule is CCC1COC(C)CN1C(=O)NC(=O)CCCC(=O)O. The second-order valence-corrected chi connectivity index (χ2v) is 4.96. The van der Waals surface area contributed by atoms with Crippen LogP contribution in [0.15, 0.2) is 0 Å². The Morgan fingerprint density at radius 2 is 2.05 bits per heavy atom. The van der Waals surface area contributed by atoms with E-state index in [2.05, 4.69) is 5.32 Å². The van der Waals surface area contributed by atoms with Gasteiger partial charge in [0.05, 0.1) is 18.8 Å². The predicted molar refractivity (Wildman–Crippen MR) is 71.2 cm³/mol. The smallest absolute Gasteiger partial charge is 0.324 e. The predicted octanol–water partition coefficient (Wildman–Crippen LogP) is 0.977. The van der Waals surface area contributed by atoms with E-state index in [-0.39, 0.29) is 31.4 Å². The fourth-order valence-corrected chi connectivity index (χ4v) is 2.08. The first-order valence-electron chi connectivity index (χ1n) is 6.87. The number of nitrogens with one attached hydrogen (secondary N) is 1. The molecule has 0 aromatic rings. The molecule has 2 N–H and O–H groups in total. The Kier molecular flexibility index (Phi) is 6.44. The highest BCUT2D eigenvalue weighted by molar-refractivity contribution is 5.94. The molecule has 2 unspecified atom stereocenters. The van der Waals surface area contributed by atoms with E-state index < -0.39 is 17.9 Å². The lowest BCUT2D eigenvalue weighted by Gasteiger charge is -2.37. The van der Waals surface area contributed by atoms with E-state index in [4.69, 9.17) is 9.84 Å². The average molecular weight is 286 g/mol. The summed E-state index contributed by atoms with van der Waals surface area (Å²) in [7, 11) is 0. The number of morpholine rings is 1. The molecular weight excluding hydrogens is 264 g/mol. The van der Waals surface area contributed by atoms with Gasteiger partial charge in [-0.05, 0) is 19.8 Å². The first-order valence-corrected chi connectivity index (χ1v) is 6.87. The third kappa shape index (κ3) is 5.16. The van der Waals surface area contributed by atoms with Gasteiger partial charge in [-0.15, -0.1) is 0 Å². The van der Waals surface area contributed by atoms with Crippen molar-refractivity contribution in [1.82, 2.24) is 10.2 Å². The molecule has 0 aliphatic carbocycles. The van der Waals surface area contributed by atoms with Gasteiger partial charge in [0.25, 0.3) is 0 Å². The molecule has 1 heterocycles. The summed E-state index contributed by atoms with van der Waals surface area (Å²) in [5.41, 5.74) is 0. The minimum Gasteiger partial charge on any atom is -0.481 e. The summed E-state index contributed by atoms with van der Waals surface area (Å²) in [6.07, 6.45) is 0.895. The summed E-state index contributed by atoms with van der Waals surface area (Å²) in [6.45, 7) is 4.75. The molecule has 1 rings (SSSR count). The zero-order valence-electron chi connectivity index (χ0n) is 11.9. The number of carboxylic acid groups (broad SMARTS) is 1. The van der Waals surface area contributed by atoms with Crippen LogP contribution in [0.5, 0.6) is 0 Å². The number of carbonyl (C=O) groups excluding carboxylic acids is 2. The van der Waals surface area contributed by atoms with Crippen LogP contribution in [-0.2, 0) is 14.3 Å². The number of amides is 3. The van der Waals surface area contributed by atoms with Crippen LogP contribution in [0.4, 0.5) is 4.79 Å². The first-order chi connectivity index (χ1) is 9.43. The molecule has 0 spiro atoms. The quantitative estimate of drug-likeness (QED) is 0.785. The van der Waals surface area contributed by atoms with Crippen LogP contribution in [0, 0.1) is 0 Å². The van der Waals surface area contributed by atoms with Crippen molar-refractivity contribution in [3.8, 4) is 0 Å². The Bertz CT molecular complexity index is 372. The zero-order chi connectivity index (χ0) is 15.1. The number of carboxylic acids is 1. The highest BCUT2D eigenvalue weighted by Gasteiger charge is 2.30. The standard InChI is InChI=1S/C13H22N2O5/c1-3-10-8-20-9(2)7-15(10)13(19)14-11(16)5-4-6-12(17)18/h9-10H,3-8H2,1-2H3,(H,17,18)(H,14,16,19). The van der Waals surface area contributed by atoms with Crippen molar-refractivity contribution in [2.24, 2.45) is 0 Å². The van der Waals surface area contributed by atoms with Crippen molar-refractivity contribution in [2.45, 2.75) is 51.7 Å². The summed E-state index contributed by atoms with van der Waals surface area (Å²) < 4.78 is 5.49. The van der Waals surface area contributed by atoms with Gasteiger partial charge in [-0.25, -0.2) is 4.79 Å². The summed E-state index contributed by atoms with van der Waals surface area (Å²) >= 11 is 0. The lowest BCUT2D eigenvalue weighted by Crippen LogP contribution is -2.55. The Morgan fingerprint density at radius 1 is 1.35 bits per heavy atom. The van der Waals surface area contributed by atoms with Crippen molar-refractivity contribution in [3.63, 3.8) is 0 Å². The average Bonchev–Trinajstić information content (AvgIpc) is 2.38. The van der Waals surface area contributed by atoms with Crippen LogP contribution in [0.2, 0.25) is 0 Å². The normalized spacial score (nSPS) is 22.4.